The average molecular weight is 356 g/mol. The van der Waals surface area contributed by atoms with Gasteiger partial charge in [0.15, 0.2) is 0 Å². The number of esters is 2. The van der Waals surface area contributed by atoms with E-state index < -0.39 is 18.0 Å². The van der Waals surface area contributed by atoms with Crippen LogP contribution in [0.2, 0.25) is 0 Å². The second-order valence-corrected chi connectivity index (χ2v) is 5.54. The van der Waals surface area contributed by atoms with Gasteiger partial charge in [-0.3, -0.25) is 9.59 Å². The maximum atomic E-state index is 12.5. The van der Waals surface area contributed by atoms with Crippen molar-refractivity contribution < 1.29 is 23.9 Å². The molecule has 0 fully saturated rings. The minimum absolute atomic E-state index is 0.0214. The van der Waals surface area contributed by atoms with Crippen LogP contribution in [0.1, 0.15) is 38.7 Å². The lowest BCUT2D eigenvalue weighted by molar-refractivity contribution is -0.141. The fourth-order valence-electron chi connectivity index (χ4n) is 2.35. The van der Waals surface area contributed by atoms with Gasteiger partial charge in [0.1, 0.15) is 0 Å². The van der Waals surface area contributed by atoms with Crippen molar-refractivity contribution in [3.05, 3.63) is 65.2 Å². The van der Waals surface area contributed by atoms with Gasteiger partial charge in [0.25, 0.3) is 5.91 Å². The number of anilines is 1. The van der Waals surface area contributed by atoms with E-state index in [0.29, 0.717) is 16.8 Å². The van der Waals surface area contributed by atoms with E-state index in [1.165, 1.54) is 38.5 Å². The summed E-state index contributed by atoms with van der Waals surface area (Å²) in [5, 5.41) is 2.80. The first-order valence-corrected chi connectivity index (χ1v) is 7.86. The highest BCUT2D eigenvalue weighted by atomic mass is 16.5. The summed E-state index contributed by atoms with van der Waals surface area (Å²) in [7, 11) is 2.57. The van der Waals surface area contributed by atoms with Crippen molar-refractivity contribution in [3.63, 3.8) is 0 Å². The fraction of sp³-hybridized carbons (Fsp3) is 0.211. The third-order valence-electron chi connectivity index (χ3n) is 3.81. The molecule has 0 heterocycles. The van der Waals surface area contributed by atoms with Gasteiger partial charge in [-0.05, 0) is 42.0 Å². The second kappa shape index (κ2) is 8.66. The summed E-state index contributed by atoms with van der Waals surface area (Å²) in [6.45, 7) is 0. The minimum atomic E-state index is -0.573. The molecule has 0 unspecified atom stereocenters. The number of nitrogens with two attached hydrogens (primary N) is 1. The van der Waals surface area contributed by atoms with Crippen molar-refractivity contribution in [2.24, 2.45) is 0 Å². The van der Waals surface area contributed by atoms with E-state index in [9.17, 15) is 14.4 Å². The average Bonchev–Trinajstić information content (AvgIpc) is 2.67. The number of carbonyl (C=O) groups is 3. The van der Waals surface area contributed by atoms with E-state index in [1.807, 2.05) is 0 Å². The molecular weight excluding hydrogens is 336 g/mol. The van der Waals surface area contributed by atoms with E-state index in [1.54, 1.807) is 24.3 Å². The molecular formula is C19H20N2O5. The number of methoxy groups -OCH3 is 2. The Balaban J connectivity index is 2.18. The molecule has 0 aliphatic rings. The predicted octanol–water partition coefficient (Wildman–Crippen LogP) is 2.09. The molecule has 2 aromatic rings. The van der Waals surface area contributed by atoms with Crippen molar-refractivity contribution in [1.29, 1.82) is 0 Å². The number of amides is 1. The van der Waals surface area contributed by atoms with E-state index in [0.717, 1.165) is 5.56 Å². The van der Waals surface area contributed by atoms with Crippen LogP contribution in [0.3, 0.4) is 0 Å². The normalized spacial score (nSPS) is 11.3. The lowest BCUT2D eigenvalue weighted by atomic mass is 10.0. The zero-order valence-corrected chi connectivity index (χ0v) is 14.5. The lowest BCUT2D eigenvalue weighted by Gasteiger charge is -2.18. The number of hydrogen-bond acceptors (Lipinski definition) is 6. The van der Waals surface area contributed by atoms with Crippen LogP contribution < -0.4 is 11.1 Å². The Morgan fingerprint density at radius 3 is 2.04 bits per heavy atom. The topological polar surface area (TPSA) is 108 Å². The van der Waals surface area contributed by atoms with Crippen molar-refractivity contribution in [1.82, 2.24) is 5.32 Å². The van der Waals surface area contributed by atoms with E-state index in [2.05, 4.69) is 10.1 Å². The molecule has 0 saturated heterocycles. The largest absolute Gasteiger partial charge is 0.469 e. The molecule has 2 aromatic carbocycles. The molecule has 1 amide bonds. The van der Waals surface area contributed by atoms with Gasteiger partial charge in [0.2, 0.25) is 0 Å². The fourth-order valence-corrected chi connectivity index (χ4v) is 2.35. The number of nitrogens with one attached hydrogen (secondary N) is 1. The van der Waals surface area contributed by atoms with E-state index in [-0.39, 0.29) is 12.3 Å². The van der Waals surface area contributed by atoms with Crippen molar-refractivity contribution >= 4 is 23.5 Å². The molecule has 0 spiro atoms. The number of benzene rings is 2. The summed E-state index contributed by atoms with van der Waals surface area (Å²) in [4.78, 5) is 35.7. The summed E-state index contributed by atoms with van der Waals surface area (Å²) in [6, 6.07) is 12.3. The Morgan fingerprint density at radius 2 is 1.50 bits per heavy atom. The first kappa shape index (κ1) is 19.0. The highest BCUT2D eigenvalue weighted by Crippen LogP contribution is 2.20. The molecule has 7 nitrogen and oxygen atoms in total. The van der Waals surface area contributed by atoms with Crippen molar-refractivity contribution in [3.8, 4) is 0 Å². The molecule has 0 saturated carbocycles. The van der Waals surface area contributed by atoms with Gasteiger partial charge in [0.05, 0.1) is 32.2 Å². The standard InChI is InChI=1S/C19H20N2O5/c1-25-17(22)11-16(12-7-9-15(20)10-8-12)21-18(23)13-3-5-14(6-4-13)19(24)26-2/h3-10,16H,11,20H2,1-2H3,(H,21,23)/t16-/m1/s1. The number of hydrogen-bond donors (Lipinski definition) is 2. The van der Waals surface area contributed by atoms with Crippen LogP contribution in [0.4, 0.5) is 5.69 Å². The van der Waals surface area contributed by atoms with Gasteiger partial charge in [-0.25, -0.2) is 4.79 Å². The first-order chi connectivity index (χ1) is 12.4. The third kappa shape index (κ3) is 4.83. The van der Waals surface area contributed by atoms with Crippen LogP contribution >= 0.6 is 0 Å². The monoisotopic (exact) mass is 356 g/mol. The molecule has 7 heteroatoms. The Bertz CT molecular complexity index is 785. The third-order valence-corrected chi connectivity index (χ3v) is 3.81. The molecule has 2 rings (SSSR count). The molecule has 1 atom stereocenters. The minimum Gasteiger partial charge on any atom is -0.469 e. The van der Waals surface area contributed by atoms with Gasteiger partial charge in [0, 0.05) is 11.3 Å². The second-order valence-electron chi connectivity index (χ2n) is 5.54. The number of nitrogen functional groups attached to an aromatic ring is 1. The SMILES string of the molecule is COC(=O)C[C@@H](NC(=O)c1ccc(C(=O)OC)cc1)c1ccc(N)cc1. The summed E-state index contributed by atoms with van der Waals surface area (Å²) in [6.07, 6.45) is -0.0214. The van der Waals surface area contributed by atoms with E-state index in [4.69, 9.17) is 10.5 Å². The van der Waals surface area contributed by atoms with Crippen molar-refractivity contribution in [2.75, 3.05) is 20.0 Å². The Morgan fingerprint density at radius 1 is 0.923 bits per heavy atom. The quantitative estimate of drug-likeness (QED) is 0.606. The van der Waals surface area contributed by atoms with Gasteiger partial charge in [-0.1, -0.05) is 12.1 Å². The molecule has 26 heavy (non-hydrogen) atoms. The number of ether oxygens (including phenoxy) is 2. The maximum Gasteiger partial charge on any atom is 0.337 e. The molecule has 136 valence electrons. The number of carbonyl (C=O) groups excluding carboxylic acids is 3. The molecule has 0 aromatic heterocycles. The summed E-state index contributed by atoms with van der Waals surface area (Å²) >= 11 is 0. The lowest BCUT2D eigenvalue weighted by Crippen LogP contribution is -2.30. The molecule has 0 aliphatic carbocycles. The van der Waals surface area contributed by atoms with Gasteiger partial charge in [-0.2, -0.15) is 0 Å². The van der Waals surface area contributed by atoms with Gasteiger partial charge >= 0.3 is 11.9 Å². The summed E-state index contributed by atoms with van der Waals surface area (Å²) < 4.78 is 9.32. The highest BCUT2D eigenvalue weighted by Gasteiger charge is 2.20. The Kier molecular flexibility index (Phi) is 6.32. The Hall–Kier alpha value is -3.35. The highest BCUT2D eigenvalue weighted by molar-refractivity contribution is 5.96. The van der Waals surface area contributed by atoms with Crippen LogP contribution in [0.25, 0.3) is 0 Å². The maximum absolute atomic E-state index is 12.5. The van der Waals surface area contributed by atoms with Gasteiger partial charge in [-0.15, -0.1) is 0 Å². The number of rotatable bonds is 6. The van der Waals surface area contributed by atoms with Crippen molar-refractivity contribution in [2.45, 2.75) is 12.5 Å². The van der Waals surface area contributed by atoms with Crippen LogP contribution in [-0.4, -0.2) is 32.1 Å². The van der Waals surface area contributed by atoms with Crippen LogP contribution in [0, 0.1) is 0 Å². The van der Waals surface area contributed by atoms with Crippen LogP contribution in [0.5, 0.6) is 0 Å². The summed E-state index contributed by atoms with van der Waals surface area (Å²) in [5.74, 6) is -1.32. The summed E-state index contributed by atoms with van der Waals surface area (Å²) in [5.41, 5.74) is 7.68. The smallest absolute Gasteiger partial charge is 0.337 e. The van der Waals surface area contributed by atoms with Gasteiger partial charge < -0.3 is 20.5 Å². The van der Waals surface area contributed by atoms with Crippen LogP contribution in [-0.2, 0) is 14.3 Å². The zero-order chi connectivity index (χ0) is 19.1. The molecule has 3 N–H and O–H groups in total. The molecule has 0 bridgehead atoms. The molecule has 0 radical (unpaired) electrons. The first-order valence-electron chi connectivity index (χ1n) is 7.86. The van der Waals surface area contributed by atoms with E-state index >= 15 is 0 Å². The zero-order valence-electron chi connectivity index (χ0n) is 14.5. The Labute approximate surface area is 151 Å². The van der Waals surface area contributed by atoms with Crippen LogP contribution in [0.15, 0.2) is 48.5 Å². The molecule has 0 aliphatic heterocycles. The predicted molar refractivity (Wildman–Crippen MR) is 95.5 cm³/mol.